The summed E-state index contributed by atoms with van der Waals surface area (Å²) in [6, 6.07) is 3.66. The van der Waals surface area contributed by atoms with Crippen molar-refractivity contribution in [1.82, 2.24) is 0 Å². The van der Waals surface area contributed by atoms with E-state index in [0.717, 1.165) is 18.2 Å². The summed E-state index contributed by atoms with van der Waals surface area (Å²) in [5, 5.41) is -0.353. The van der Waals surface area contributed by atoms with Gasteiger partial charge in [-0.25, -0.2) is 17.6 Å². The van der Waals surface area contributed by atoms with E-state index in [-0.39, 0.29) is 10.6 Å². The van der Waals surface area contributed by atoms with E-state index in [9.17, 15) is 22.4 Å². The van der Waals surface area contributed by atoms with Gasteiger partial charge in [0, 0.05) is 17.7 Å². The average molecular weight is 289 g/mol. The van der Waals surface area contributed by atoms with E-state index in [1.165, 1.54) is 0 Å². The van der Waals surface area contributed by atoms with Gasteiger partial charge in [0.1, 0.15) is 23.3 Å². The molecule has 0 radical (unpaired) electrons. The lowest BCUT2D eigenvalue weighted by atomic mass is 10.0. The fourth-order valence-corrected chi connectivity index (χ4v) is 1.72. The highest BCUT2D eigenvalue weighted by molar-refractivity contribution is 6.31. The lowest BCUT2D eigenvalue weighted by molar-refractivity contribution is 0.103. The van der Waals surface area contributed by atoms with E-state index < -0.39 is 34.6 Å². The van der Waals surface area contributed by atoms with Gasteiger partial charge in [-0.05, 0) is 18.2 Å². The van der Waals surface area contributed by atoms with E-state index in [1.807, 2.05) is 0 Å². The van der Waals surface area contributed by atoms with Crippen LogP contribution in [-0.2, 0) is 0 Å². The molecule has 98 valence electrons. The van der Waals surface area contributed by atoms with Gasteiger partial charge in [-0.2, -0.15) is 0 Å². The van der Waals surface area contributed by atoms with Crippen molar-refractivity contribution in [1.29, 1.82) is 0 Å². The molecule has 0 amide bonds. The molecular formula is C13H5ClF4O. The van der Waals surface area contributed by atoms with Crippen molar-refractivity contribution in [2.75, 3.05) is 0 Å². The molecule has 0 bridgehead atoms. The fraction of sp³-hybridized carbons (Fsp3) is 0. The van der Waals surface area contributed by atoms with Crippen molar-refractivity contribution in [3.63, 3.8) is 0 Å². The molecule has 0 saturated heterocycles. The first-order chi connectivity index (χ1) is 8.90. The molecule has 0 heterocycles. The molecule has 6 heteroatoms. The van der Waals surface area contributed by atoms with Gasteiger partial charge in [0.05, 0.1) is 10.6 Å². The maximum absolute atomic E-state index is 13.4. The highest BCUT2D eigenvalue weighted by atomic mass is 35.5. The third-order valence-electron chi connectivity index (χ3n) is 2.42. The number of carbonyl (C=O) groups excluding carboxylic acids is 1. The van der Waals surface area contributed by atoms with Gasteiger partial charge in [0.25, 0.3) is 0 Å². The van der Waals surface area contributed by atoms with Crippen LogP contribution in [0.2, 0.25) is 5.02 Å². The second kappa shape index (κ2) is 5.01. The van der Waals surface area contributed by atoms with Crippen LogP contribution in [0.3, 0.4) is 0 Å². The number of benzene rings is 2. The zero-order valence-electron chi connectivity index (χ0n) is 9.18. The first kappa shape index (κ1) is 13.5. The number of carbonyl (C=O) groups is 1. The SMILES string of the molecule is O=C(c1ccc(F)c(Cl)c1)c1c(F)cc(F)cc1F. The van der Waals surface area contributed by atoms with Crippen molar-refractivity contribution in [3.8, 4) is 0 Å². The summed E-state index contributed by atoms with van der Waals surface area (Å²) >= 11 is 5.48. The van der Waals surface area contributed by atoms with Gasteiger partial charge in [0.2, 0.25) is 0 Å². The summed E-state index contributed by atoms with van der Waals surface area (Å²) in [4.78, 5) is 11.9. The fourth-order valence-electron chi connectivity index (χ4n) is 1.54. The monoisotopic (exact) mass is 288 g/mol. The highest BCUT2D eigenvalue weighted by Crippen LogP contribution is 2.22. The molecule has 0 atom stereocenters. The van der Waals surface area contributed by atoms with Gasteiger partial charge in [-0.3, -0.25) is 4.79 Å². The molecule has 2 aromatic rings. The molecule has 1 nitrogen and oxygen atoms in total. The van der Waals surface area contributed by atoms with Crippen LogP contribution < -0.4 is 0 Å². The van der Waals surface area contributed by atoms with E-state index >= 15 is 0 Å². The maximum Gasteiger partial charge on any atom is 0.198 e. The largest absolute Gasteiger partial charge is 0.288 e. The van der Waals surface area contributed by atoms with E-state index in [0.29, 0.717) is 12.1 Å². The molecule has 0 aromatic heterocycles. The predicted octanol–water partition coefficient (Wildman–Crippen LogP) is 4.13. The maximum atomic E-state index is 13.4. The zero-order valence-corrected chi connectivity index (χ0v) is 9.94. The Morgan fingerprint density at radius 1 is 0.895 bits per heavy atom. The van der Waals surface area contributed by atoms with Gasteiger partial charge in [0.15, 0.2) is 5.78 Å². The Morgan fingerprint density at radius 2 is 1.47 bits per heavy atom. The molecule has 0 saturated carbocycles. The first-order valence-electron chi connectivity index (χ1n) is 5.04. The van der Waals surface area contributed by atoms with Crippen molar-refractivity contribution in [2.45, 2.75) is 0 Å². The Hall–Kier alpha value is -1.88. The van der Waals surface area contributed by atoms with Crippen LogP contribution in [0, 0.1) is 23.3 Å². The smallest absolute Gasteiger partial charge is 0.198 e. The molecule has 0 aliphatic carbocycles. The highest BCUT2D eigenvalue weighted by Gasteiger charge is 2.21. The minimum Gasteiger partial charge on any atom is -0.288 e. The van der Waals surface area contributed by atoms with Crippen LogP contribution in [0.5, 0.6) is 0 Å². The van der Waals surface area contributed by atoms with Crippen LogP contribution in [-0.4, -0.2) is 5.78 Å². The number of rotatable bonds is 2. The number of hydrogen-bond acceptors (Lipinski definition) is 1. The van der Waals surface area contributed by atoms with Crippen LogP contribution in [0.4, 0.5) is 17.6 Å². The van der Waals surface area contributed by atoms with Crippen molar-refractivity contribution < 1.29 is 22.4 Å². The van der Waals surface area contributed by atoms with Crippen LogP contribution >= 0.6 is 11.6 Å². The van der Waals surface area contributed by atoms with Gasteiger partial charge < -0.3 is 0 Å². The molecule has 0 unspecified atom stereocenters. The summed E-state index contributed by atoms with van der Waals surface area (Å²) in [6.07, 6.45) is 0. The Morgan fingerprint density at radius 3 is 2.00 bits per heavy atom. The Balaban J connectivity index is 2.53. The minimum atomic E-state index is -1.33. The van der Waals surface area contributed by atoms with Crippen LogP contribution in [0.15, 0.2) is 30.3 Å². The van der Waals surface area contributed by atoms with E-state index in [4.69, 9.17) is 11.6 Å². The summed E-state index contributed by atoms with van der Waals surface area (Å²) in [5.41, 5.74) is -1.11. The Labute approximate surface area is 110 Å². The predicted molar refractivity (Wildman–Crippen MR) is 61.2 cm³/mol. The molecule has 19 heavy (non-hydrogen) atoms. The van der Waals surface area contributed by atoms with E-state index in [2.05, 4.69) is 0 Å². The van der Waals surface area contributed by atoms with Gasteiger partial charge in [-0.1, -0.05) is 11.6 Å². The average Bonchev–Trinajstić information content (AvgIpc) is 2.31. The molecule has 0 aliphatic rings. The second-order valence-electron chi connectivity index (χ2n) is 3.70. The Bertz CT molecular complexity index is 647. The molecule has 0 aliphatic heterocycles. The first-order valence-corrected chi connectivity index (χ1v) is 5.42. The van der Waals surface area contributed by atoms with Crippen molar-refractivity contribution in [3.05, 3.63) is 69.8 Å². The quantitative estimate of drug-likeness (QED) is 0.600. The molecule has 0 N–H and O–H groups in total. The molecule has 2 aromatic carbocycles. The van der Waals surface area contributed by atoms with E-state index in [1.54, 1.807) is 0 Å². The van der Waals surface area contributed by atoms with Crippen molar-refractivity contribution in [2.24, 2.45) is 0 Å². The van der Waals surface area contributed by atoms with Gasteiger partial charge >= 0.3 is 0 Å². The van der Waals surface area contributed by atoms with Crippen molar-refractivity contribution >= 4 is 17.4 Å². The summed E-state index contributed by atoms with van der Waals surface area (Å²) < 4.78 is 52.5. The number of hydrogen-bond donors (Lipinski definition) is 0. The summed E-state index contributed by atoms with van der Waals surface area (Å²) in [6.45, 7) is 0. The normalized spacial score (nSPS) is 10.6. The third-order valence-corrected chi connectivity index (χ3v) is 2.71. The Kier molecular flexibility index (Phi) is 3.57. The summed E-state index contributed by atoms with van der Waals surface area (Å²) in [7, 11) is 0. The summed E-state index contributed by atoms with van der Waals surface area (Å²) in [5.74, 6) is -5.61. The lowest BCUT2D eigenvalue weighted by Crippen LogP contribution is -2.08. The minimum absolute atomic E-state index is 0.198. The van der Waals surface area contributed by atoms with Gasteiger partial charge in [-0.15, -0.1) is 0 Å². The zero-order chi connectivity index (χ0) is 14.2. The topological polar surface area (TPSA) is 17.1 Å². The number of ketones is 1. The molecule has 0 fully saturated rings. The molecule has 0 spiro atoms. The second-order valence-corrected chi connectivity index (χ2v) is 4.11. The third kappa shape index (κ3) is 2.61. The lowest BCUT2D eigenvalue weighted by Gasteiger charge is -2.05. The van der Waals surface area contributed by atoms with Crippen LogP contribution in [0.1, 0.15) is 15.9 Å². The standard InChI is InChI=1S/C13H5ClF4O/c14-8-3-6(1-2-9(8)16)13(19)12-10(17)4-7(15)5-11(12)18/h1-5H. The number of halogens is 5. The van der Waals surface area contributed by atoms with Crippen LogP contribution in [0.25, 0.3) is 0 Å². The molecular weight excluding hydrogens is 284 g/mol. The molecule has 2 rings (SSSR count).